The van der Waals surface area contributed by atoms with E-state index in [-0.39, 0.29) is 29.5 Å². The molecule has 3 heterocycles. The second-order valence-electron chi connectivity index (χ2n) is 9.77. The molecule has 0 bridgehead atoms. The Balaban J connectivity index is 1.14. The molecule has 1 atom stereocenters. The summed E-state index contributed by atoms with van der Waals surface area (Å²) in [5.74, 6) is -0.0370. The molecule has 0 radical (unpaired) electrons. The number of likely N-dealkylation sites (tertiary alicyclic amines) is 2. The van der Waals surface area contributed by atoms with Gasteiger partial charge in [0, 0.05) is 60.3 Å². The lowest BCUT2D eigenvalue weighted by Gasteiger charge is -2.33. The Labute approximate surface area is 200 Å². The van der Waals surface area contributed by atoms with E-state index >= 15 is 0 Å². The Kier molecular flexibility index (Phi) is 6.50. The van der Waals surface area contributed by atoms with Crippen molar-refractivity contribution >= 4 is 22.6 Å². The van der Waals surface area contributed by atoms with Crippen LogP contribution in [0.1, 0.15) is 52.8 Å². The summed E-state index contributed by atoms with van der Waals surface area (Å²) in [7, 11) is 2.02. The smallest absolute Gasteiger partial charge is 0.254 e. The number of carbonyl (C=O) groups is 2. The van der Waals surface area contributed by atoms with Gasteiger partial charge in [0.2, 0.25) is 0 Å². The average molecular weight is 462 g/mol. The van der Waals surface area contributed by atoms with E-state index in [4.69, 9.17) is 0 Å². The zero-order valence-corrected chi connectivity index (χ0v) is 19.8. The van der Waals surface area contributed by atoms with Gasteiger partial charge >= 0.3 is 0 Å². The highest BCUT2D eigenvalue weighted by Gasteiger charge is 2.31. The van der Waals surface area contributed by atoms with E-state index < -0.39 is 0 Å². The molecule has 0 saturated carbocycles. The summed E-state index contributed by atoms with van der Waals surface area (Å²) in [6.45, 7) is 3.56. The van der Waals surface area contributed by atoms with Gasteiger partial charge < -0.3 is 14.4 Å². The normalized spacial score (nSPS) is 19.7. The van der Waals surface area contributed by atoms with E-state index in [1.807, 2.05) is 31.4 Å². The van der Waals surface area contributed by atoms with Crippen LogP contribution in [-0.2, 0) is 7.05 Å². The van der Waals surface area contributed by atoms with E-state index in [9.17, 15) is 14.0 Å². The monoisotopic (exact) mass is 461 g/mol. The van der Waals surface area contributed by atoms with Crippen molar-refractivity contribution in [2.24, 2.45) is 13.0 Å². The van der Waals surface area contributed by atoms with Crippen molar-refractivity contribution in [1.82, 2.24) is 14.4 Å². The summed E-state index contributed by atoms with van der Waals surface area (Å²) in [4.78, 5) is 30.5. The minimum atomic E-state index is -0.313. The Morgan fingerprint density at radius 1 is 0.941 bits per heavy atom. The van der Waals surface area contributed by atoms with Crippen molar-refractivity contribution in [3.63, 3.8) is 0 Å². The molecule has 5 nitrogen and oxygen atoms in total. The lowest BCUT2D eigenvalue weighted by atomic mass is 9.88. The number of hydrogen-bond donors (Lipinski definition) is 0. The molecule has 2 aliphatic rings. The molecular weight excluding hydrogens is 429 g/mol. The first kappa shape index (κ1) is 22.8. The van der Waals surface area contributed by atoms with Crippen molar-refractivity contribution in [3.8, 4) is 0 Å². The van der Waals surface area contributed by atoms with Gasteiger partial charge in [-0.25, -0.2) is 4.39 Å². The number of piperidine rings is 1. The van der Waals surface area contributed by atoms with Crippen LogP contribution in [0.2, 0.25) is 0 Å². The minimum absolute atomic E-state index is 0.0131. The van der Waals surface area contributed by atoms with Gasteiger partial charge in [-0.3, -0.25) is 9.59 Å². The molecule has 2 saturated heterocycles. The summed E-state index contributed by atoms with van der Waals surface area (Å²) < 4.78 is 15.2. The van der Waals surface area contributed by atoms with Gasteiger partial charge in [-0.2, -0.15) is 0 Å². The molecule has 0 N–H and O–H groups in total. The second kappa shape index (κ2) is 9.71. The Morgan fingerprint density at radius 2 is 1.68 bits per heavy atom. The van der Waals surface area contributed by atoms with E-state index in [0.29, 0.717) is 5.56 Å². The summed E-state index contributed by atoms with van der Waals surface area (Å²) in [6.07, 6.45) is 6.77. The number of halogens is 1. The first-order valence-electron chi connectivity index (χ1n) is 12.4. The van der Waals surface area contributed by atoms with Crippen LogP contribution >= 0.6 is 0 Å². The summed E-state index contributed by atoms with van der Waals surface area (Å²) >= 11 is 0. The third kappa shape index (κ3) is 4.64. The number of fused-ring (bicyclic) bond motifs is 1. The fourth-order valence-corrected chi connectivity index (χ4v) is 5.58. The van der Waals surface area contributed by atoms with Crippen molar-refractivity contribution in [2.75, 3.05) is 26.2 Å². The van der Waals surface area contributed by atoms with Crippen LogP contribution in [0.3, 0.4) is 0 Å². The molecular formula is C28H32FN3O2. The number of nitrogens with zero attached hydrogens (tertiary/aromatic N) is 3. The molecule has 0 spiro atoms. The van der Waals surface area contributed by atoms with Gasteiger partial charge in [-0.15, -0.1) is 0 Å². The van der Waals surface area contributed by atoms with Gasteiger partial charge in [-0.05, 0) is 93.7 Å². The number of hydrogen-bond acceptors (Lipinski definition) is 3. The van der Waals surface area contributed by atoms with Gasteiger partial charge in [0.25, 0.3) is 5.91 Å². The van der Waals surface area contributed by atoms with Gasteiger partial charge in [0.15, 0.2) is 5.78 Å². The highest BCUT2D eigenvalue weighted by molar-refractivity contribution is 5.99. The fraction of sp³-hybridized carbons (Fsp3) is 0.429. The van der Waals surface area contributed by atoms with Crippen LogP contribution in [0.25, 0.3) is 10.9 Å². The molecule has 34 heavy (non-hydrogen) atoms. The summed E-state index contributed by atoms with van der Waals surface area (Å²) in [5, 5.41) is 1.10. The number of rotatable bonds is 6. The molecule has 3 aromatic rings. The van der Waals surface area contributed by atoms with Crippen molar-refractivity contribution < 1.29 is 14.0 Å². The van der Waals surface area contributed by atoms with Gasteiger partial charge in [0.05, 0.1) is 0 Å². The third-order valence-electron chi connectivity index (χ3n) is 7.64. The highest BCUT2D eigenvalue weighted by Crippen LogP contribution is 2.27. The number of ketones is 1. The Morgan fingerprint density at radius 3 is 2.44 bits per heavy atom. The van der Waals surface area contributed by atoms with Crippen LogP contribution < -0.4 is 0 Å². The zero-order valence-electron chi connectivity index (χ0n) is 19.8. The maximum absolute atomic E-state index is 13.3. The third-order valence-corrected chi connectivity index (χ3v) is 7.64. The van der Waals surface area contributed by atoms with Crippen molar-refractivity contribution in [1.29, 1.82) is 0 Å². The minimum Gasteiger partial charge on any atom is -0.351 e. The number of benzene rings is 2. The van der Waals surface area contributed by atoms with E-state index in [1.165, 1.54) is 12.1 Å². The number of aryl methyl sites for hydroxylation is 1. The molecule has 2 aliphatic heterocycles. The molecule has 1 unspecified atom stereocenters. The molecule has 2 fully saturated rings. The van der Waals surface area contributed by atoms with Crippen LogP contribution in [0.4, 0.5) is 4.39 Å². The van der Waals surface area contributed by atoms with Crippen LogP contribution in [0, 0.1) is 11.7 Å². The molecule has 6 heteroatoms. The average Bonchev–Trinajstić information content (AvgIpc) is 3.49. The number of aromatic nitrogens is 1. The topological polar surface area (TPSA) is 45.6 Å². The van der Waals surface area contributed by atoms with Crippen molar-refractivity contribution in [3.05, 3.63) is 71.7 Å². The first-order chi connectivity index (χ1) is 16.5. The predicted molar refractivity (Wildman–Crippen MR) is 131 cm³/mol. The quantitative estimate of drug-likeness (QED) is 0.490. The molecule has 1 amide bonds. The molecule has 178 valence electrons. The maximum atomic E-state index is 13.3. The van der Waals surface area contributed by atoms with Crippen molar-refractivity contribution in [2.45, 2.75) is 38.1 Å². The van der Waals surface area contributed by atoms with E-state index in [0.717, 1.165) is 74.7 Å². The van der Waals surface area contributed by atoms with Crippen LogP contribution in [0.5, 0.6) is 0 Å². The van der Waals surface area contributed by atoms with Gasteiger partial charge in [-0.1, -0.05) is 0 Å². The number of Topliss-reactive ketones (excluding diaryl/α,β-unsaturated/α-hetero) is 1. The van der Waals surface area contributed by atoms with E-state index in [1.54, 1.807) is 12.1 Å². The van der Waals surface area contributed by atoms with Crippen LogP contribution in [-0.4, -0.2) is 58.3 Å². The molecule has 1 aromatic heterocycles. The largest absolute Gasteiger partial charge is 0.351 e. The Hall–Kier alpha value is -2.99. The van der Waals surface area contributed by atoms with E-state index in [2.05, 4.69) is 20.4 Å². The maximum Gasteiger partial charge on any atom is 0.254 e. The fourth-order valence-electron chi connectivity index (χ4n) is 5.58. The predicted octanol–water partition coefficient (Wildman–Crippen LogP) is 4.91. The SMILES string of the molecule is Cn1ccc2cc(C(=O)N3CCCC3CCN3CCC(C(=O)c4ccc(F)cc4)CC3)ccc21. The standard InChI is InChI=1S/C28H32FN3O2/c1-30-15-10-22-19-23(6-9-26(22)30)28(34)32-14-2-3-25(32)13-18-31-16-11-21(12-17-31)27(33)20-4-7-24(29)8-5-20/h4-10,15,19,21,25H,2-3,11-14,16-18H2,1H3. The second-order valence-corrected chi connectivity index (χ2v) is 9.77. The first-order valence-corrected chi connectivity index (χ1v) is 12.4. The van der Waals surface area contributed by atoms with Gasteiger partial charge in [0.1, 0.15) is 5.82 Å². The number of amides is 1. The summed E-state index contributed by atoms with van der Waals surface area (Å²) in [6, 6.07) is 14.2. The molecule has 0 aliphatic carbocycles. The summed E-state index contributed by atoms with van der Waals surface area (Å²) in [5.41, 5.74) is 2.51. The number of carbonyl (C=O) groups excluding carboxylic acids is 2. The zero-order chi connectivity index (χ0) is 23.7. The highest BCUT2D eigenvalue weighted by atomic mass is 19.1. The molecule has 5 rings (SSSR count). The Bertz CT molecular complexity index is 1180. The van der Waals surface area contributed by atoms with Crippen LogP contribution in [0.15, 0.2) is 54.7 Å². The lowest BCUT2D eigenvalue weighted by molar-refractivity contribution is 0.0704. The molecule has 2 aromatic carbocycles. The lowest BCUT2D eigenvalue weighted by Crippen LogP contribution is -2.41.